The molecular formula is C15H9ClF3N3O2S2. The van der Waals surface area contributed by atoms with Crippen molar-refractivity contribution in [1.29, 1.82) is 0 Å². The van der Waals surface area contributed by atoms with E-state index in [1.807, 2.05) is 0 Å². The van der Waals surface area contributed by atoms with Crippen molar-refractivity contribution in [2.24, 2.45) is 0 Å². The number of nitrogens with one attached hydrogen (secondary N) is 1. The Bertz CT molecular complexity index is 927. The second-order valence-corrected chi connectivity index (χ2v) is 6.81. The molecule has 2 aromatic heterocycles. The largest absolute Gasteiger partial charge is 0.573 e. The van der Waals surface area contributed by atoms with Crippen molar-refractivity contribution in [1.82, 2.24) is 9.36 Å². The van der Waals surface area contributed by atoms with Gasteiger partial charge in [-0.25, -0.2) is 4.98 Å². The highest BCUT2D eigenvalue weighted by molar-refractivity contribution is 7.14. The molecule has 0 fully saturated rings. The van der Waals surface area contributed by atoms with Crippen molar-refractivity contribution in [3.63, 3.8) is 0 Å². The van der Waals surface area contributed by atoms with Crippen LogP contribution in [0.25, 0.3) is 10.4 Å². The van der Waals surface area contributed by atoms with Gasteiger partial charge in [-0.2, -0.15) is 4.37 Å². The number of hydrogen-bond acceptors (Lipinski definition) is 6. The third-order valence-corrected chi connectivity index (χ3v) is 4.91. The molecule has 1 N–H and O–H groups in total. The van der Waals surface area contributed by atoms with E-state index < -0.39 is 12.3 Å². The molecule has 0 spiro atoms. The molecule has 136 valence electrons. The third kappa shape index (κ3) is 4.71. The van der Waals surface area contributed by atoms with Crippen LogP contribution < -0.4 is 10.1 Å². The van der Waals surface area contributed by atoms with Crippen LogP contribution in [0.4, 0.5) is 18.3 Å². The van der Waals surface area contributed by atoms with Gasteiger partial charge in [-0.05, 0) is 23.8 Å². The molecule has 1 aromatic carbocycles. The summed E-state index contributed by atoms with van der Waals surface area (Å²) in [7, 11) is 0. The number of ether oxygens (including phenoxy) is 1. The van der Waals surface area contributed by atoms with Gasteiger partial charge in [0.2, 0.25) is 5.13 Å². The lowest BCUT2D eigenvalue weighted by Crippen LogP contribution is -2.17. The zero-order chi connectivity index (χ0) is 18.7. The first-order valence-electron chi connectivity index (χ1n) is 6.98. The molecule has 0 bridgehead atoms. The number of alkyl halides is 4. The fourth-order valence-electron chi connectivity index (χ4n) is 1.98. The molecule has 3 aromatic rings. The number of amides is 1. The molecular weight excluding hydrogens is 411 g/mol. The number of thiophene rings is 1. The summed E-state index contributed by atoms with van der Waals surface area (Å²) in [5.74, 6) is -0.158. The van der Waals surface area contributed by atoms with E-state index in [0.29, 0.717) is 27.0 Å². The second-order valence-electron chi connectivity index (χ2n) is 4.88. The van der Waals surface area contributed by atoms with Gasteiger partial charge in [-0.15, -0.1) is 36.1 Å². The highest BCUT2D eigenvalue weighted by Gasteiger charge is 2.31. The zero-order valence-electron chi connectivity index (χ0n) is 12.7. The molecule has 0 saturated heterocycles. The molecule has 0 atom stereocenters. The van der Waals surface area contributed by atoms with Crippen molar-refractivity contribution < 1.29 is 22.7 Å². The minimum Gasteiger partial charge on any atom is -0.406 e. The summed E-state index contributed by atoms with van der Waals surface area (Å²) in [4.78, 5) is 16.9. The van der Waals surface area contributed by atoms with Crippen LogP contribution in [0.2, 0.25) is 0 Å². The lowest BCUT2D eigenvalue weighted by Gasteiger charge is -2.09. The number of aromatic nitrogens is 2. The van der Waals surface area contributed by atoms with E-state index in [2.05, 4.69) is 19.4 Å². The lowest BCUT2D eigenvalue weighted by atomic mass is 10.1. The van der Waals surface area contributed by atoms with Crippen LogP contribution in [0, 0.1) is 0 Å². The summed E-state index contributed by atoms with van der Waals surface area (Å²) >= 11 is 7.84. The molecule has 0 saturated carbocycles. The molecule has 0 aliphatic carbocycles. The smallest absolute Gasteiger partial charge is 0.406 e. The van der Waals surface area contributed by atoms with Crippen LogP contribution in [-0.2, 0) is 5.88 Å². The topological polar surface area (TPSA) is 64.1 Å². The van der Waals surface area contributed by atoms with Crippen LogP contribution in [-0.4, -0.2) is 21.6 Å². The average molecular weight is 420 g/mol. The maximum Gasteiger partial charge on any atom is 0.573 e. The summed E-state index contributed by atoms with van der Waals surface area (Å²) in [6, 6.07) is 7.13. The highest BCUT2D eigenvalue weighted by Crippen LogP contribution is 2.32. The normalized spacial score (nSPS) is 11.4. The Kier molecular flexibility index (Phi) is 5.44. The third-order valence-electron chi connectivity index (χ3n) is 3.02. The summed E-state index contributed by atoms with van der Waals surface area (Å²) in [5, 5.41) is 4.52. The monoisotopic (exact) mass is 419 g/mol. The number of halogens is 4. The first-order valence-corrected chi connectivity index (χ1v) is 9.17. The van der Waals surface area contributed by atoms with Crippen molar-refractivity contribution in [2.45, 2.75) is 12.2 Å². The first-order chi connectivity index (χ1) is 12.3. The summed E-state index contributed by atoms with van der Waals surface area (Å²) in [5.41, 5.74) is 0.867. The molecule has 0 aliphatic rings. The Balaban J connectivity index is 1.75. The van der Waals surface area contributed by atoms with Crippen molar-refractivity contribution >= 4 is 45.5 Å². The fourth-order valence-corrected chi connectivity index (χ4v) is 3.64. The van der Waals surface area contributed by atoms with Gasteiger partial charge in [0.25, 0.3) is 5.91 Å². The number of carbonyl (C=O) groups excluding carboxylic acids is 1. The van der Waals surface area contributed by atoms with E-state index in [9.17, 15) is 18.0 Å². The van der Waals surface area contributed by atoms with Crippen LogP contribution in [0.5, 0.6) is 5.75 Å². The number of anilines is 1. The van der Waals surface area contributed by atoms with Gasteiger partial charge in [0.05, 0.1) is 11.4 Å². The quantitative estimate of drug-likeness (QED) is 0.580. The maximum absolute atomic E-state index is 12.3. The van der Waals surface area contributed by atoms with Crippen LogP contribution in [0.3, 0.4) is 0 Å². The van der Waals surface area contributed by atoms with E-state index in [4.69, 9.17) is 11.6 Å². The summed E-state index contributed by atoms with van der Waals surface area (Å²) in [6.07, 6.45) is -4.76. The van der Waals surface area contributed by atoms with Gasteiger partial charge in [0.1, 0.15) is 5.75 Å². The molecule has 1 amide bonds. The molecule has 11 heteroatoms. The molecule has 0 unspecified atom stereocenters. The number of carbonyl (C=O) groups is 1. The number of benzene rings is 1. The van der Waals surface area contributed by atoms with Gasteiger partial charge >= 0.3 is 6.36 Å². The van der Waals surface area contributed by atoms with E-state index in [1.54, 1.807) is 17.5 Å². The van der Waals surface area contributed by atoms with E-state index >= 15 is 0 Å². The fraction of sp³-hybridized carbons (Fsp3) is 0.133. The SMILES string of the molecule is O=C(Nc1nc(CCl)ns1)c1csc(-c2cccc(OC(F)(F)F)c2)c1. The molecule has 5 nitrogen and oxygen atoms in total. The number of rotatable bonds is 5. The van der Waals surface area contributed by atoms with Gasteiger partial charge in [0, 0.05) is 21.8 Å². The minimum absolute atomic E-state index is 0.144. The number of hydrogen-bond donors (Lipinski definition) is 1. The Hall–Kier alpha value is -2.17. The molecule has 26 heavy (non-hydrogen) atoms. The first kappa shape index (κ1) is 18.6. The van der Waals surface area contributed by atoms with Gasteiger partial charge in [-0.3, -0.25) is 10.1 Å². The predicted molar refractivity (Wildman–Crippen MR) is 93.9 cm³/mol. The standard InChI is InChI=1S/C15H9ClF3N3O2S2/c16-6-12-20-14(26-22-12)21-13(23)9-5-11(25-7-9)8-2-1-3-10(4-8)24-15(17,18)19/h1-5,7H,6H2,(H,20,21,22,23). The second kappa shape index (κ2) is 7.60. The van der Waals surface area contributed by atoms with Gasteiger partial charge in [0.15, 0.2) is 5.82 Å². The Morgan fingerprint density at radius 3 is 2.81 bits per heavy atom. The lowest BCUT2D eigenvalue weighted by molar-refractivity contribution is -0.274. The average Bonchev–Trinajstić information content (AvgIpc) is 3.22. The summed E-state index contributed by atoms with van der Waals surface area (Å²) < 4.78 is 44.9. The van der Waals surface area contributed by atoms with Crippen LogP contribution >= 0.6 is 34.5 Å². The molecule has 0 radical (unpaired) electrons. The van der Waals surface area contributed by atoms with E-state index in [1.165, 1.54) is 29.5 Å². The molecule has 0 aliphatic heterocycles. The number of nitrogens with zero attached hydrogens (tertiary/aromatic N) is 2. The van der Waals surface area contributed by atoms with Gasteiger partial charge in [-0.1, -0.05) is 12.1 Å². The maximum atomic E-state index is 12.3. The Morgan fingerprint density at radius 1 is 1.31 bits per heavy atom. The van der Waals surface area contributed by atoms with Crippen molar-refractivity contribution in [3.8, 4) is 16.2 Å². The van der Waals surface area contributed by atoms with E-state index in [0.717, 1.165) is 11.5 Å². The Labute approximate surface area is 158 Å². The molecule has 2 heterocycles. The minimum atomic E-state index is -4.76. The van der Waals surface area contributed by atoms with Gasteiger partial charge < -0.3 is 4.74 Å². The predicted octanol–water partition coefficient (Wildman–Crippen LogP) is 5.16. The summed E-state index contributed by atoms with van der Waals surface area (Å²) in [6.45, 7) is 0. The Morgan fingerprint density at radius 2 is 2.12 bits per heavy atom. The van der Waals surface area contributed by atoms with Crippen LogP contribution in [0.15, 0.2) is 35.7 Å². The van der Waals surface area contributed by atoms with E-state index in [-0.39, 0.29) is 11.6 Å². The van der Waals surface area contributed by atoms with Crippen LogP contribution in [0.1, 0.15) is 16.2 Å². The zero-order valence-corrected chi connectivity index (χ0v) is 15.1. The van der Waals surface area contributed by atoms with Crippen molar-refractivity contribution in [3.05, 3.63) is 47.1 Å². The van der Waals surface area contributed by atoms with Crippen molar-refractivity contribution in [2.75, 3.05) is 5.32 Å². The molecule has 3 rings (SSSR count). The highest BCUT2D eigenvalue weighted by atomic mass is 35.5.